The average Bonchev–Trinajstić information content (AvgIpc) is 2.76. The maximum Gasteiger partial charge on any atom is 0.0671 e. The number of nitrogens with two attached hydrogens (primary N) is 1. The normalized spacial score (nSPS) is 10.7. The molecule has 0 radical (unpaired) electrons. The molecule has 2 rings (SSSR count). The van der Waals surface area contributed by atoms with E-state index >= 15 is 0 Å². The topological polar surface area (TPSA) is 43.8 Å². The van der Waals surface area contributed by atoms with Gasteiger partial charge in [0.05, 0.1) is 17.2 Å². The van der Waals surface area contributed by atoms with Gasteiger partial charge in [-0.15, -0.1) is 11.3 Å². The molecule has 0 aliphatic carbocycles. The molecule has 0 atom stereocenters. The van der Waals surface area contributed by atoms with Gasteiger partial charge in [-0.2, -0.15) is 5.10 Å². The highest BCUT2D eigenvalue weighted by molar-refractivity contribution is 9.10. The van der Waals surface area contributed by atoms with Crippen LogP contribution in [0.2, 0.25) is 0 Å². The molecule has 0 bridgehead atoms. The molecule has 0 unspecified atom stereocenters. The Labute approximate surface area is 94.7 Å². The molecular weight excluding hydrogens is 262 g/mol. The first kappa shape index (κ1) is 9.89. The molecule has 3 nitrogen and oxygen atoms in total. The zero-order valence-corrected chi connectivity index (χ0v) is 9.88. The van der Waals surface area contributed by atoms with Crippen LogP contribution in [-0.4, -0.2) is 9.78 Å². The smallest absolute Gasteiger partial charge is 0.0671 e. The second-order valence-corrected chi connectivity index (χ2v) is 4.85. The summed E-state index contributed by atoms with van der Waals surface area (Å²) in [4.78, 5) is 1.23. The highest BCUT2D eigenvalue weighted by atomic mass is 79.9. The molecule has 74 valence electrons. The van der Waals surface area contributed by atoms with Gasteiger partial charge in [-0.25, -0.2) is 0 Å². The summed E-state index contributed by atoms with van der Waals surface area (Å²) in [5.41, 5.74) is 6.88. The van der Waals surface area contributed by atoms with Crippen molar-refractivity contribution in [2.75, 3.05) is 0 Å². The molecule has 0 saturated carbocycles. The van der Waals surface area contributed by atoms with Gasteiger partial charge < -0.3 is 5.73 Å². The van der Waals surface area contributed by atoms with Gasteiger partial charge >= 0.3 is 0 Å². The molecule has 5 heteroatoms. The third-order valence-electron chi connectivity index (χ3n) is 1.96. The largest absolute Gasteiger partial charge is 0.326 e. The summed E-state index contributed by atoms with van der Waals surface area (Å²) in [7, 11) is 0. The van der Waals surface area contributed by atoms with Gasteiger partial charge in [0.25, 0.3) is 0 Å². The van der Waals surface area contributed by atoms with Crippen LogP contribution >= 0.6 is 27.3 Å². The Morgan fingerprint density at radius 1 is 1.57 bits per heavy atom. The van der Waals surface area contributed by atoms with Crippen molar-refractivity contribution in [3.63, 3.8) is 0 Å². The summed E-state index contributed by atoms with van der Waals surface area (Å²) in [5.74, 6) is 0. The van der Waals surface area contributed by atoms with Crippen LogP contribution in [0, 0.1) is 0 Å². The third-order valence-corrected chi connectivity index (χ3v) is 3.35. The van der Waals surface area contributed by atoms with E-state index in [0.29, 0.717) is 6.54 Å². The molecule has 0 amide bonds. The zero-order valence-electron chi connectivity index (χ0n) is 7.48. The molecule has 2 aromatic rings. The van der Waals surface area contributed by atoms with Gasteiger partial charge in [0.15, 0.2) is 0 Å². The van der Waals surface area contributed by atoms with Crippen LogP contribution in [0.4, 0.5) is 0 Å². The van der Waals surface area contributed by atoms with Crippen LogP contribution in [0.1, 0.15) is 10.4 Å². The summed E-state index contributed by atoms with van der Waals surface area (Å²) in [5, 5.41) is 6.27. The van der Waals surface area contributed by atoms with Gasteiger partial charge in [0, 0.05) is 17.6 Å². The lowest BCUT2D eigenvalue weighted by Crippen LogP contribution is -2.03. The minimum absolute atomic E-state index is 0.607. The second kappa shape index (κ2) is 4.25. The first-order valence-corrected chi connectivity index (χ1v) is 5.90. The SMILES string of the molecule is NCc1sccc1Cn1cc(Br)cn1. The summed E-state index contributed by atoms with van der Waals surface area (Å²) >= 11 is 5.06. The standard InChI is InChI=1S/C9H10BrN3S/c10-8-4-12-13(6-8)5-7-1-2-14-9(7)3-11/h1-2,4,6H,3,5,11H2. The lowest BCUT2D eigenvalue weighted by Gasteiger charge is -2.01. The van der Waals surface area contributed by atoms with E-state index < -0.39 is 0 Å². The van der Waals surface area contributed by atoms with Crippen molar-refractivity contribution >= 4 is 27.3 Å². The molecular formula is C9H10BrN3S. The third kappa shape index (κ3) is 2.05. The zero-order chi connectivity index (χ0) is 9.97. The summed E-state index contributed by atoms with van der Waals surface area (Å²) in [6, 6.07) is 2.10. The molecule has 0 aliphatic rings. The van der Waals surface area contributed by atoms with Gasteiger partial charge in [-0.1, -0.05) is 0 Å². The van der Waals surface area contributed by atoms with Crippen LogP contribution in [0.5, 0.6) is 0 Å². The van der Waals surface area contributed by atoms with E-state index in [1.165, 1.54) is 10.4 Å². The summed E-state index contributed by atoms with van der Waals surface area (Å²) < 4.78 is 2.90. The van der Waals surface area contributed by atoms with E-state index in [-0.39, 0.29) is 0 Å². The predicted octanol–water partition coefficient (Wildman–Crippen LogP) is 2.21. The highest BCUT2D eigenvalue weighted by Gasteiger charge is 2.03. The van der Waals surface area contributed by atoms with Gasteiger partial charge in [-0.05, 0) is 32.9 Å². The van der Waals surface area contributed by atoms with Crippen molar-refractivity contribution in [2.45, 2.75) is 13.1 Å². The van der Waals surface area contributed by atoms with Crippen molar-refractivity contribution in [1.82, 2.24) is 9.78 Å². The van der Waals surface area contributed by atoms with Crippen molar-refractivity contribution in [1.29, 1.82) is 0 Å². The lowest BCUT2D eigenvalue weighted by molar-refractivity contribution is 0.683. The summed E-state index contributed by atoms with van der Waals surface area (Å²) in [6.07, 6.45) is 3.74. The van der Waals surface area contributed by atoms with Gasteiger partial charge in [0.1, 0.15) is 0 Å². The average molecular weight is 272 g/mol. The fourth-order valence-electron chi connectivity index (χ4n) is 1.29. The summed E-state index contributed by atoms with van der Waals surface area (Å²) in [6.45, 7) is 1.40. The minimum atomic E-state index is 0.607. The number of thiophene rings is 1. The maximum atomic E-state index is 5.63. The quantitative estimate of drug-likeness (QED) is 0.931. The Morgan fingerprint density at radius 2 is 2.43 bits per heavy atom. The van der Waals surface area contributed by atoms with E-state index in [4.69, 9.17) is 5.73 Å². The first-order valence-electron chi connectivity index (χ1n) is 4.23. The maximum absolute atomic E-state index is 5.63. The molecule has 2 heterocycles. The molecule has 2 aromatic heterocycles. The number of halogens is 1. The molecule has 14 heavy (non-hydrogen) atoms. The lowest BCUT2D eigenvalue weighted by atomic mass is 10.2. The van der Waals surface area contributed by atoms with Crippen LogP contribution in [-0.2, 0) is 13.1 Å². The van der Waals surface area contributed by atoms with Crippen molar-refractivity contribution in [3.8, 4) is 0 Å². The predicted molar refractivity (Wildman–Crippen MR) is 61.2 cm³/mol. The van der Waals surface area contributed by atoms with E-state index in [0.717, 1.165) is 11.0 Å². The van der Waals surface area contributed by atoms with Crippen LogP contribution in [0.15, 0.2) is 28.3 Å². The van der Waals surface area contributed by atoms with Crippen molar-refractivity contribution in [2.24, 2.45) is 5.73 Å². The van der Waals surface area contributed by atoms with Crippen LogP contribution < -0.4 is 5.73 Å². The van der Waals surface area contributed by atoms with Gasteiger partial charge in [-0.3, -0.25) is 4.68 Å². The molecule has 0 aliphatic heterocycles. The second-order valence-electron chi connectivity index (χ2n) is 2.93. The molecule has 0 aromatic carbocycles. The number of hydrogen-bond acceptors (Lipinski definition) is 3. The molecule has 2 N–H and O–H groups in total. The van der Waals surface area contributed by atoms with Crippen LogP contribution in [0.25, 0.3) is 0 Å². The number of aromatic nitrogens is 2. The van der Waals surface area contributed by atoms with E-state index in [1.54, 1.807) is 17.5 Å². The Morgan fingerprint density at radius 3 is 3.07 bits per heavy atom. The Balaban J connectivity index is 2.18. The van der Waals surface area contributed by atoms with Gasteiger partial charge in [0.2, 0.25) is 0 Å². The highest BCUT2D eigenvalue weighted by Crippen LogP contribution is 2.17. The molecule has 0 saturated heterocycles. The molecule has 0 spiro atoms. The van der Waals surface area contributed by atoms with E-state index in [1.807, 2.05) is 10.9 Å². The van der Waals surface area contributed by atoms with Crippen LogP contribution in [0.3, 0.4) is 0 Å². The number of nitrogens with zero attached hydrogens (tertiary/aromatic N) is 2. The fraction of sp³-hybridized carbons (Fsp3) is 0.222. The van der Waals surface area contributed by atoms with Crippen molar-refractivity contribution < 1.29 is 0 Å². The van der Waals surface area contributed by atoms with E-state index in [9.17, 15) is 0 Å². The minimum Gasteiger partial charge on any atom is -0.326 e. The monoisotopic (exact) mass is 271 g/mol. The fourth-order valence-corrected chi connectivity index (χ4v) is 2.39. The Bertz CT molecular complexity index is 421. The molecule has 0 fully saturated rings. The van der Waals surface area contributed by atoms with Crippen molar-refractivity contribution in [3.05, 3.63) is 38.8 Å². The van der Waals surface area contributed by atoms with E-state index in [2.05, 4.69) is 32.5 Å². The Hall–Kier alpha value is -0.650. The number of hydrogen-bond donors (Lipinski definition) is 1. The Kier molecular flexibility index (Phi) is 3.00. The number of rotatable bonds is 3. The first-order chi connectivity index (χ1) is 6.79.